The second kappa shape index (κ2) is 12.3. The minimum atomic E-state index is -0.678. The highest BCUT2D eigenvalue weighted by Crippen LogP contribution is 2.47. The number of amides is 1. The van der Waals surface area contributed by atoms with E-state index < -0.39 is 5.92 Å². The number of nitriles is 1. The highest BCUT2D eigenvalue weighted by molar-refractivity contribution is 8.01. The van der Waals surface area contributed by atoms with Crippen LogP contribution in [-0.2, 0) is 9.59 Å². The molecule has 41 heavy (non-hydrogen) atoms. The lowest BCUT2D eigenvalue weighted by atomic mass is 9.76. The maximum absolute atomic E-state index is 13.3. The molecule has 3 N–H and O–H groups in total. The van der Waals surface area contributed by atoms with Crippen LogP contribution in [0.5, 0.6) is 5.75 Å². The number of ether oxygens (including phenoxy) is 1. The summed E-state index contributed by atoms with van der Waals surface area (Å²) in [5.74, 6) is -0.343. The van der Waals surface area contributed by atoms with Crippen LogP contribution in [0.25, 0.3) is 0 Å². The highest BCUT2D eigenvalue weighted by atomic mass is 35.5. The number of aromatic nitrogens is 2. The van der Waals surface area contributed by atoms with Crippen molar-refractivity contribution in [3.05, 3.63) is 79.7 Å². The van der Waals surface area contributed by atoms with E-state index in [1.807, 2.05) is 0 Å². The van der Waals surface area contributed by atoms with E-state index >= 15 is 0 Å². The lowest BCUT2D eigenvalue weighted by molar-refractivity contribution is -0.116. The van der Waals surface area contributed by atoms with Crippen molar-refractivity contribution in [1.29, 1.82) is 5.26 Å². The third-order valence-corrected chi connectivity index (χ3v) is 9.56. The second-order valence-electron chi connectivity index (χ2n) is 9.02. The molecular formula is C27H21Cl3N6O3S2. The summed E-state index contributed by atoms with van der Waals surface area (Å²) >= 11 is 20.9. The largest absolute Gasteiger partial charge is 0.495 e. The van der Waals surface area contributed by atoms with Crippen molar-refractivity contribution in [3.8, 4) is 11.8 Å². The van der Waals surface area contributed by atoms with Crippen molar-refractivity contribution in [3.63, 3.8) is 0 Å². The fourth-order valence-electron chi connectivity index (χ4n) is 4.77. The molecule has 2 aromatic carbocycles. The van der Waals surface area contributed by atoms with Crippen LogP contribution in [0.3, 0.4) is 0 Å². The number of hydrogen-bond donors (Lipinski definition) is 2. The molecule has 3 aromatic rings. The number of ketones is 1. The molecule has 0 fully saturated rings. The Hall–Kier alpha value is -3.27. The number of hydrogen-bond acceptors (Lipinski definition) is 10. The Balaban J connectivity index is 1.42. The van der Waals surface area contributed by atoms with E-state index in [4.69, 9.17) is 45.3 Å². The molecule has 2 aliphatic rings. The van der Waals surface area contributed by atoms with E-state index in [0.29, 0.717) is 72.1 Å². The van der Waals surface area contributed by atoms with Gasteiger partial charge in [-0.1, -0.05) is 64.0 Å². The number of anilines is 2. The number of nitrogens with one attached hydrogen (secondary N) is 1. The van der Waals surface area contributed by atoms with E-state index in [2.05, 4.69) is 21.6 Å². The zero-order chi connectivity index (χ0) is 29.3. The van der Waals surface area contributed by atoms with Crippen LogP contribution in [-0.4, -0.2) is 34.8 Å². The van der Waals surface area contributed by atoms with Gasteiger partial charge < -0.3 is 15.8 Å². The molecule has 0 saturated heterocycles. The van der Waals surface area contributed by atoms with Gasteiger partial charge in [-0.3, -0.25) is 14.5 Å². The summed E-state index contributed by atoms with van der Waals surface area (Å²) < 4.78 is 5.78. The maximum atomic E-state index is 13.3. The third-order valence-electron chi connectivity index (χ3n) is 6.54. The van der Waals surface area contributed by atoms with Gasteiger partial charge in [-0.05, 0) is 48.7 Å². The molecule has 1 unspecified atom stereocenters. The van der Waals surface area contributed by atoms with Crippen molar-refractivity contribution in [2.24, 2.45) is 5.73 Å². The number of allylic oxidation sites excluding steroid dienone is 3. The Bertz CT molecular complexity index is 1670. The first-order chi connectivity index (χ1) is 19.7. The summed E-state index contributed by atoms with van der Waals surface area (Å²) in [6, 6.07) is 12.2. The number of carbonyl (C=O) groups excluding carboxylic acids is 2. The minimum absolute atomic E-state index is 0.0465. The summed E-state index contributed by atoms with van der Waals surface area (Å²) in [5, 5.41) is 23.0. The van der Waals surface area contributed by atoms with Crippen LogP contribution in [0.1, 0.15) is 30.7 Å². The van der Waals surface area contributed by atoms with Gasteiger partial charge in [-0.25, -0.2) is 0 Å². The minimum Gasteiger partial charge on any atom is -0.495 e. The van der Waals surface area contributed by atoms with Gasteiger partial charge in [0.05, 0.1) is 46.2 Å². The fraction of sp³-hybridized carbons (Fsp3) is 0.222. The Morgan fingerprint density at radius 1 is 1.22 bits per heavy atom. The molecule has 9 nitrogen and oxygen atoms in total. The Morgan fingerprint density at radius 3 is 2.76 bits per heavy atom. The first kappa shape index (κ1) is 29.2. The summed E-state index contributed by atoms with van der Waals surface area (Å²) in [6.07, 6.45) is 1.54. The zero-order valence-corrected chi connectivity index (χ0v) is 25.3. The number of Topliss-reactive ketones (excluding diaryl/α,β-unsaturated/α-hetero) is 1. The van der Waals surface area contributed by atoms with Gasteiger partial charge in [0.2, 0.25) is 11.0 Å². The lowest BCUT2D eigenvalue weighted by Crippen LogP contribution is -2.38. The Kier molecular flexibility index (Phi) is 8.77. The topological polar surface area (TPSA) is 134 Å². The molecule has 1 aromatic heterocycles. The van der Waals surface area contributed by atoms with Crippen LogP contribution in [0.15, 0.2) is 63.4 Å². The first-order valence-electron chi connectivity index (χ1n) is 12.2. The Labute approximate surface area is 258 Å². The molecule has 0 spiro atoms. The smallest absolute Gasteiger partial charge is 0.234 e. The molecule has 210 valence electrons. The molecule has 14 heteroatoms. The summed E-state index contributed by atoms with van der Waals surface area (Å²) in [4.78, 5) is 27.6. The van der Waals surface area contributed by atoms with Gasteiger partial charge >= 0.3 is 0 Å². The summed E-state index contributed by atoms with van der Waals surface area (Å²) in [6.45, 7) is 0. The van der Waals surface area contributed by atoms with Crippen molar-refractivity contribution in [1.82, 2.24) is 10.2 Å². The number of carbonyl (C=O) groups is 2. The number of nitrogens with zero attached hydrogens (tertiary/aromatic N) is 4. The predicted molar refractivity (Wildman–Crippen MR) is 162 cm³/mol. The van der Waals surface area contributed by atoms with E-state index in [1.165, 1.54) is 30.2 Å². The summed E-state index contributed by atoms with van der Waals surface area (Å²) in [7, 11) is 1.50. The average molecular weight is 648 g/mol. The van der Waals surface area contributed by atoms with E-state index in [9.17, 15) is 14.9 Å². The zero-order valence-electron chi connectivity index (χ0n) is 21.4. The van der Waals surface area contributed by atoms with Crippen LogP contribution in [0, 0.1) is 11.3 Å². The van der Waals surface area contributed by atoms with Crippen LogP contribution in [0.4, 0.5) is 10.8 Å². The third kappa shape index (κ3) is 5.89. The molecule has 0 bridgehead atoms. The molecular weight excluding hydrogens is 627 g/mol. The highest BCUT2D eigenvalue weighted by Gasteiger charge is 2.41. The first-order valence-corrected chi connectivity index (χ1v) is 15.2. The van der Waals surface area contributed by atoms with Gasteiger partial charge in [0.15, 0.2) is 10.1 Å². The van der Waals surface area contributed by atoms with E-state index in [0.717, 1.165) is 0 Å². The molecule has 1 amide bonds. The standard InChI is InChI=1S/C27H21Cl3N6O3S2/c1-39-21-8-6-14(28)10-18(21)33-22(38)12-40-27-35-34-26(41-27)36-19-3-2-4-20(37)24(19)23(15(11-31)25(36)32)13-5-7-16(29)17(30)9-13/h5-10,23H,2-4,12,32H2,1H3,(H,33,38). The van der Waals surface area contributed by atoms with E-state index in [-0.39, 0.29) is 28.8 Å². The molecule has 1 aliphatic carbocycles. The SMILES string of the molecule is COc1ccc(Cl)cc1NC(=O)CSc1nnc(N2C(N)=C(C#N)C(c3ccc(Cl)c(Cl)c3)C3=C2CCCC3=O)s1. The fourth-order valence-corrected chi connectivity index (χ4v) is 6.93. The maximum Gasteiger partial charge on any atom is 0.234 e. The predicted octanol–water partition coefficient (Wildman–Crippen LogP) is 6.54. The van der Waals surface area contributed by atoms with E-state index in [1.54, 1.807) is 41.3 Å². The number of halogens is 3. The number of rotatable bonds is 7. The lowest BCUT2D eigenvalue weighted by Gasteiger charge is -2.38. The van der Waals surface area contributed by atoms with Crippen molar-refractivity contribution in [2.75, 3.05) is 23.1 Å². The van der Waals surface area contributed by atoms with Crippen LogP contribution >= 0.6 is 57.9 Å². The normalized spacial score (nSPS) is 16.9. The number of nitrogens with two attached hydrogens (primary N) is 1. The van der Waals surface area contributed by atoms with Gasteiger partial charge in [0.25, 0.3) is 0 Å². The molecule has 5 rings (SSSR count). The van der Waals surface area contributed by atoms with Crippen LogP contribution in [0.2, 0.25) is 15.1 Å². The number of thioether (sulfide) groups is 1. The molecule has 1 aliphatic heterocycles. The monoisotopic (exact) mass is 646 g/mol. The van der Waals surface area contributed by atoms with Crippen molar-refractivity contribution in [2.45, 2.75) is 29.5 Å². The molecule has 2 heterocycles. The summed E-state index contributed by atoms with van der Waals surface area (Å²) in [5.41, 5.74) is 9.06. The van der Waals surface area contributed by atoms with Crippen molar-refractivity contribution >= 4 is 80.4 Å². The number of methoxy groups -OCH3 is 1. The van der Waals surface area contributed by atoms with Gasteiger partial charge in [-0.2, -0.15) is 5.26 Å². The van der Waals surface area contributed by atoms with Crippen molar-refractivity contribution < 1.29 is 14.3 Å². The Morgan fingerprint density at radius 2 is 2.02 bits per heavy atom. The van der Waals surface area contributed by atoms with Gasteiger partial charge in [-0.15, -0.1) is 10.2 Å². The molecule has 0 radical (unpaired) electrons. The average Bonchev–Trinajstić information content (AvgIpc) is 3.41. The quantitative estimate of drug-likeness (QED) is 0.274. The van der Waals surface area contributed by atoms with Gasteiger partial charge in [0.1, 0.15) is 11.6 Å². The number of benzene rings is 2. The second-order valence-corrected chi connectivity index (χ2v) is 12.5. The van der Waals surface area contributed by atoms with Gasteiger partial charge in [0, 0.05) is 22.7 Å². The van der Waals surface area contributed by atoms with Crippen LogP contribution < -0.4 is 20.7 Å². The molecule has 0 saturated carbocycles. The molecule has 1 atom stereocenters.